The Kier molecular flexibility index (Phi) is 6.27. The first-order chi connectivity index (χ1) is 17.4. The van der Waals surface area contributed by atoms with Crippen molar-refractivity contribution in [1.82, 2.24) is 9.80 Å². The van der Waals surface area contributed by atoms with Gasteiger partial charge in [0.1, 0.15) is 11.3 Å². The van der Waals surface area contributed by atoms with Crippen LogP contribution in [0.4, 0.5) is 0 Å². The number of fused-ring (bicyclic) bond motifs is 2. The second-order valence-electron chi connectivity index (χ2n) is 9.29. The molecule has 0 aliphatic carbocycles. The molecular formula is C30H30N2O4. The Hall–Kier alpha value is -4.06. The van der Waals surface area contributed by atoms with Gasteiger partial charge in [0, 0.05) is 61.3 Å². The van der Waals surface area contributed by atoms with E-state index >= 15 is 0 Å². The number of methoxy groups -OCH3 is 1. The van der Waals surface area contributed by atoms with Crippen molar-refractivity contribution in [2.45, 2.75) is 20.8 Å². The summed E-state index contributed by atoms with van der Waals surface area (Å²) in [6.07, 6.45) is 3.48. The maximum absolute atomic E-state index is 13.1. The molecular weight excluding hydrogens is 452 g/mol. The normalized spacial score (nSPS) is 14.5. The highest BCUT2D eigenvalue weighted by Crippen LogP contribution is 2.42. The molecule has 0 atom stereocenters. The minimum absolute atomic E-state index is 0.0458. The largest absolute Gasteiger partial charge is 0.496 e. The van der Waals surface area contributed by atoms with Gasteiger partial charge in [-0.2, -0.15) is 0 Å². The molecule has 0 spiro atoms. The number of carbonyl (C=O) groups excluding carboxylic acids is 2. The Morgan fingerprint density at radius 3 is 2.33 bits per heavy atom. The minimum atomic E-state index is -0.0584. The molecule has 6 heteroatoms. The van der Waals surface area contributed by atoms with Crippen molar-refractivity contribution in [2.24, 2.45) is 0 Å². The van der Waals surface area contributed by atoms with Crippen LogP contribution in [0.5, 0.6) is 5.75 Å². The summed E-state index contributed by atoms with van der Waals surface area (Å²) in [4.78, 5) is 28.3. The van der Waals surface area contributed by atoms with Crippen LogP contribution >= 0.6 is 0 Å². The molecule has 2 heterocycles. The zero-order valence-corrected chi connectivity index (χ0v) is 21.1. The Morgan fingerprint density at radius 2 is 1.61 bits per heavy atom. The number of hydrogen-bond acceptors (Lipinski definition) is 4. The van der Waals surface area contributed by atoms with E-state index in [1.54, 1.807) is 36.2 Å². The average Bonchev–Trinajstić information content (AvgIpc) is 3.32. The number of furan rings is 1. The smallest absolute Gasteiger partial charge is 0.246 e. The summed E-state index contributed by atoms with van der Waals surface area (Å²) in [5, 5.41) is 3.31. The number of hydrogen-bond donors (Lipinski definition) is 0. The molecule has 5 rings (SSSR count). The number of benzene rings is 3. The molecule has 6 nitrogen and oxygen atoms in total. The van der Waals surface area contributed by atoms with Crippen LogP contribution in [-0.4, -0.2) is 54.9 Å². The molecule has 0 N–H and O–H groups in total. The van der Waals surface area contributed by atoms with Crippen molar-refractivity contribution < 1.29 is 18.7 Å². The van der Waals surface area contributed by atoms with Crippen LogP contribution in [0.3, 0.4) is 0 Å². The first kappa shape index (κ1) is 23.7. The minimum Gasteiger partial charge on any atom is -0.496 e. The number of carbonyl (C=O) groups is 2. The summed E-state index contributed by atoms with van der Waals surface area (Å²) in [5.74, 6) is 0.686. The molecule has 0 radical (unpaired) electrons. The highest BCUT2D eigenvalue weighted by molar-refractivity contribution is 6.07. The third-order valence-corrected chi connectivity index (χ3v) is 7.13. The van der Waals surface area contributed by atoms with Crippen molar-refractivity contribution in [3.63, 3.8) is 0 Å². The fraction of sp³-hybridized carbons (Fsp3) is 0.267. The zero-order chi connectivity index (χ0) is 25.4. The number of rotatable bonds is 4. The van der Waals surface area contributed by atoms with Crippen molar-refractivity contribution in [3.05, 3.63) is 72.0 Å². The van der Waals surface area contributed by atoms with E-state index in [1.807, 2.05) is 26.0 Å². The van der Waals surface area contributed by atoms with Crippen LogP contribution in [-0.2, 0) is 9.59 Å². The fourth-order valence-electron chi connectivity index (χ4n) is 5.14. The topological polar surface area (TPSA) is 63.0 Å². The van der Waals surface area contributed by atoms with Crippen LogP contribution in [0.1, 0.15) is 25.0 Å². The highest BCUT2D eigenvalue weighted by atomic mass is 16.5. The summed E-state index contributed by atoms with van der Waals surface area (Å²) >= 11 is 0. The second kappa shape index (κ2) is 9.53. The number of allylic oxidation sites excluding steroid dienone is 1. The first-order valence-corrected chi connectivity index (χ1v) is 12.2. The lowest BCUT2D eigenvalue weighted by Gasteiger charge is -2.33. The number of ether oxygens (including phenoxy) is 1. The first-order valence-electron chi connectivity index (χ1n) is 12.2. The van der Waals surface area contributed by atoms with Gasteiger partial charge in [-0.15, -0.1) is 0 Å². The van der Waals surface area contributed by atoms with Gasteiger partial charge < -0.3 is 19.0 Å². The van der Waals surface area contributed by atoms with Crippen LogP contribution in [0.15, 0.2) is 65.3 Å². The fourth-order valence-corrected chi connectivity index (χ4v) is 5.14. The summed E-state index contributed by atoms with van der Waals surface area (Å²) in [6.45, 7) is 7.67. The number of nitrogens with zero attached hydrogens (tertiary/aromatic N) is 2. The van der Waals surface area contributed by atoms with E-state index in [4.69, 9.17) is 9.15 Å². The molecule has 1 fully saturated rings. The van der Waals surface area contributed by atoms with E-state index < -0.39 is 0 Å². The molecule has 4 aromatic rings. The third kappa shape index (κ3) is 4.13. The van der Waals surface area contributed by atoms with Crippen LogP contribution in [0, 0.1) is 6.92 Å². The molecule has 3 aromatic carbocycles. The molecule has 1 aliphatic rings. The Balaban J connectivity index is 1.56. The van der Waals surface area contributed by atoms with Gasteiger partial charge in [-0.05, 0) is 41.8 Å². The average molecular weight is 483 g/mol. The molecule has 2 amide bonds. The number of piperazine rings is 1. The molecule has 0 bridgehead atoms. The predicted molar refractivity (Wildman–Crippen MR) is 143 cm³/mol. The van der Waals surface area contributed by atoms with Crippen LogP contribution < -0.4 is 4.74 Å². The Labute approximate surface area is 210 Å². The van der Waals surface area contributed by atoms with Crippen LogP contribution in [0.2, 0.25) is 0 Å². The van der Waals surface area contributed by atoms with Gasteiger partial charge in [-0.3, -0.25) is 9.59 Å². The van der Waals surface area contributed by atoms with Crippen molar-refractivity contribution in [2.75, 3.05) is 33.3 Å². The summed E-state index contributed by atoms with van der Waals surface area (Å²) in [5.41, 5.74) is 5.46. The second-order valence-corrected chi connectivity index (χ2v) is 9.29. The van der Waals surface area contributed by atoms with E-state index in [0.717, 1.165) is 44.2 Å². The molecule has 1 saturated heterocycles. The zero-order valence-electron chi connectivity index (χ0n) is 21.1. The number of aryl methyl sites for hydroxylation is 1. The van der Waals surface area contributed by atoms with Gasteiger partial charge >= 0.3 is 0 Å². The lowest BCUT2D eigenvalue weighted by molar-refractivity contribution is -0.135. The lowest BCUT2D eigenvalue weighted by Crippen LogP contribution is -2.49. The maximum Gasteiger partial charge on any atom is 0.246 e. The molecule has 0 saturated carbocycles. The predicted octanol–water partition coefficient (Wildman–Crippen LogP) is 5.66. The van der Waals surface area contributed by atoms with Gasteiger partial charge in [0.15, 0.2) is 0 Å². The Morgan fingerprint density at radius 1 is 0.917 bits per heavy atom. The maximum atomic E-state index is 13.1. The van der Waals surface area contributed by atoms with Gasteiger partial charge in [-0.25, -0.2) is 0 Å². The van der Waals surface area contributed by atoms with Gasteiger partial charge in [0.05, 0.1) is 13.4 Å². The van der Waals surface area contributed by atoms with Crippen molar-refractivity contribution in [3.8, 4) is 16.9 Å². The summed E-state index contributed by atoms with van der Waals surface area (Å²) < 4.78 is 11.8. The van der Waals surface area contributed by atoms with E-state index in [0.29, 0.717) is 31.9 Å². The van der Waals surface area contributed by atoms with Gasteiger partial charge in [0.2, 0.25) is 11.8 Å². The molecule has 1 aliphatic heterocycles. The van der Waals surface area contributed by atoms with E-state index in [1.165, 1.54) is 5.39 Å². The van der Waals surface area contributed by atoms with E-state index in [9.17, 15) is 9.59 Å². The van der Waals surface area contributed by atoms with Gasteiger partial charge in [0.25, 0.3) is 0 Å². The Bertz CT molecular complexity index is 1500. The summed E-state index contributed by atoms with van der Waals surface area (Å²) in [7, 11) is 1.64. The van der Waals surface area contributed by atoms with Gasteiger partial charge in [-0.1, -0.05) is 42.5 Å². The molecule has 1 aromatic heterocycles. The van der Waals surface area contributed by atoms with E-state index in [2.05, 4.69) is 36.4 Å². The van der Waals surface area contributed by atoms with Crippen LogP contribution in [0.25, 0.3) is 38.4 Å². The standard InChI is InChI=1S/C30H30N2O4/c1-19(16-28(34)32-14-12-31(13-15-32)21(3)33)25-17-26-27(18-36-30(26)20(2)29(25)35-4)24-11-7-9-22-8-5-6-10-23(22)24/h5-11,16-18H,12-15H2,1-4H3/b19-16+. The molecule has 0 unspecified atom stereocenters. The monoisotopic (exact) mass is 482 g/mol. The quantitative estimate of drug-likeness (QED) is 0.352. The SMILES string of the molecule is COc1c(/C(C)=C/C(=O)N2CCN(C(C)=O)CC2)cc2c(-c3cccc4ccccc34)coc2c1C. The lowest BCUT2D eigenvalue weighted by atomic mass is 9.94. The van der Waals surface area contributed by atoms with Crippen molar-refractivity contribution >= 4 is 39.1 Å². The number of amides is 2. The van der Waals surface area contributed by atoms with Crippen molar-refractivity contribution in [1.29, 1.82) is 0 Å². The van der Waals surface area contributed by atoms with E-state index in [-0.39, 0.29) is 11.8 Å². The third-order valence-electron chi connectivity index (χ3n) is 7.13. The highest BCUT2D eigenvalue weighted by Gasteiger charge is 2.23. The molecule has 184 valence electrons. The summed E-state index contributed by atoms with van der Waals surface area (Å²) in [6, 6.07) is 16.7. The molecule has 36 heavy (non-hydrogen) atoms.